The van der Waals surface area contributed by atoms with Crippen molar-refractivity contribution in [3.63, 3.8) is 0 Å². The molecule has 0 spiro atoms. The highest BCUT2D eigenvalue weighted by Crippen LogP contribution is 2.19. The fourth-order valence-corrected chi connectivity index (χ4v) is 4.36. The van der Waals surface area contributed by atoms with Crippen LogP contribution in [0.4, 0.5) is 10.8 Å². The number of nitrogens with zero attached hydrogens (tertiary/aromatic N) is 1. The lowest BCUT2D eigenvalue weighted by Gasteiger charge is -2.09. The summed E-state index contributed by atoms with van der Waals surface area (Å²) in [5.41, 5.74) is 1.34. The normalized spacial score (nSPS) is 11.2. The third-order valence-corrected chi connectivity index (χ3v) is 6.24. The van der Waals surface area contributed by atoms with Crippen molar-refractivity contribution < 1.29 is 13.2 Å². The van der Waals surface area contributed by atoms with E-state index in [2.05, 4.69) is 20.3 Å². The van der Waals surface area contributed by atoms with E-state index in [1.54, 1.807) is 47.9 Å². The molecule has 3 N–H and O–H groups in total. The zero-order valence-electron chi connectivity index (χ0n) is 15.2. The van der Waals surface area contributed by atoms with Gasteiger partial charge in [0.25, 0.3) is 10.0 Å². The van der Waals surface area contributed by atoms with Gasteiger partial charge in [0.05, 0.1) is 4.90 Å². The number of hydrogen-bond acceptors (Lipinski definition) is 6. The maximum Gasteiger partial charge on any atom is 0.263 e. The van der Waals surface area contributed by atoms with Crippen LogP contribution in [-0.2, 0) is 14.8 Å². The number of thiazole rings is 1. The summed E-state index contributed by atoms with van der Waals surface area (Å²) in [7, 11) is -3.73. The summed E-state index contributed by atoms with van der Waals surface area (Å²) >= 11 is 12.1. The van der Waals surface area contributed by atoms with Gasteiger partial charge < -0.3 is 5.32 Å². The van der Waals surface area contributed by atoms with Gasteiger partial charge in [-0.15, -0.1) is 11.3 Å². The Morgan fingerprint density at radius 3 is 2.43 bits per heavy atom. The highest BCUT2D eigenvalue weighted by atomic mass is 35.5. The number of carbonyl (C=O) groups excluding carboxylic acids is 1. The van der Waals surface area contributed by atoms with Crippen LogP contribution < -0.4 is 15.4 Å². The van der Waals surface area contributed by atoms with Gasteiger partial charge in [0.2, 0.25) is 5.91 Å². The van der Waals surface area contributed by atoms with Crippen LogP contribution in [0.25, 0.3) is 6.08 Å². The lowest BCUT2D eigenvalue weighted by molar-refractivity contribution is -0.115. The van der Waals surface area contributed by atoms with Crippen LogP contribution in [0.1, 0.15) is 5.56 Å². The molecule has 0 atom stereocenters. The van der Waals surface area contributed by atoms with E-state index >= 15 is 0 Å². The second-order valence-electron chi connectivity index (χ2n) is 5.80. The largest absolute Gasteiger partial charge is 0.332 e. The average molecular weight is 479 g/mol. The second-order valence-corrected chi connectivity index (χ2v) is 9.22. The Morgan fingerprint density at radius 2 is 1.80 bits per heavy atom. The molecule has 30 heavy (non-hydrogen) atoms. The van der Waals surface area contributed by atoms with E-state index in [9.17, 15) is 13.2 Å². The van der Waals surface area contributed by atoms with Crippen molar-refractivity contribution in [2.24, 2.45) is 0 Å². The minimum atomic E-state index is -3.73. The van der Waals surface area contributed by atoms with Crippen molar-refractivity contribution in [2.75, 3.05) is 10.0 Å². The Bertz CT molecular complexity index is 1160. The predicted octanol–water partition coefficient (Wildman–Crippen LogP) is 4.12. The van der Waals surface area contributed by atoms with E-state index < -0.39 is 15.9 Å². The number of thiocarbonyl (C=S) groups is 1. The first kappa shape index (κ1) is 21.9. The number of rotatable bonds is 6. The molecule has 2 aromatic carbocycles. The Morgan fingerprint density at radius 1 is 1.10 bits per heavy atom. The summed E-state index contributed by atoms with van der Waals surface area (Å²) < 4.78 is 27.0. The van der Waals surface area contributed by atoms with Crippen molar-refractivity contribution in [1.29, 1.82) is 0 Å². The molecule has 3 aromatic rings. The van der Waals surface area contributed by atoms with E-state index in [1.807, 2.05) is 0 Å². The number of carbonyl (C=O) groups is 1. The van der Waals surface area contributed by atoms with Gasteiger partial charge >= 0.3 is 0 Å². The van der Waals surface area contributed by atoms with Gasteiger partial charge in [0.1, 0.15) is 0 Å². The zero-order valence-corrected chi connectivity index (χ0v) is 18.4. The fourth-order valence-electron chi connectivity index (χ4n) is 2.23. The molecular formula is C19H15ClN4O3S3. The minimum absolute atomic E-state index is 0.0732. The van der Waals surface area contributed by atoms with Gasteiger partial charge in [-0.1, -0.05) is 23.7 Å². The monoisotopic (exact) mass is 478 g/mol. The molecule has 0 saturated carbocycles. The summed E-state index contributed by atoms with van der Waals surface area (Å²) in [6.07, 6.45) is 4.48. The second kappa shape index (κ2) is 9.81. The molecule has 1 heterocycles. The number of hydrogen-bond donors (Lipinski definition) is 3. The molecule has 154 valence electrons. The first-order valence-electron chi connectivity index (χ1n) is 8.40. The summed E-state index contributed by atoms with van der Waals surface area (Å²) in [4.78, 5) is 15.9. The maximum absolute atomic E-state index is 12.3. The van der Waals surface area contributed by atoms with Crippen molar-refractivity contribution in [3.8, 4) is 0 Å². The van der Waals surface area contributed by atoms with Gasteiger partial charge in [-0.05, 0) is 60.3 Å². The minimum Gasteiger partial charge on any atom is -0.332 e. The van der Waals surface area contributed by atoms with Crippen molar-refractivity contribution in [2.45, 2.75) is 4.90 Å². The van der Waals surface area contributed by atoms with Crippen molar-refractivity contribution in [3.05, 3.63) is 76.8 Å². The topological polar surface area (TPSA) is 100 Å². The van der Waals surface area contributed by atoms with Crippen LogP contribution in [0.2, 0.25) is 5.02 Å². The SMILES string of the molecule is O=C(/C=C/c1ccc(Cl)cc1)NC(=S)Nc1ccc(S(=O)(=O)Nc2nccs2)cc1. The molecule has 1 amide bonds. The predicted molar refractivity (Wildman–Crippen MR) is 124 cm³/mol. The molecule has 7 nitrogen and oxygen atoms in total. The standard InChI is InChI=1S/C19H15ClN4O3S3/c20-14-4-1-13(2-5-14)3-10-17(25)23-18(28)22-15-6-8-16(9-7-15)30(26,27)24-19-21-11-12-29-19/h1-12H,(H,21,24)(H2,22,23,25,28)/b10-3+. The van der Waals surface area contributed by atoms with Crippen LogP contribution in [0.15, 0.2) is 71.1 Å². The number of halogens is 1. The number of amides is 1. The zero-order chi connectivity index (χ0) is 21.6. The quantitative estimate of drug-likeness (QED) is 0.364. The van der Waals surface area contributed by atoms with E-state index in [0.717, 1.165) is 5.56 Å². The molecule has 0 bridgehead atoms. The molecule has 3 rings (SSSR count). The summed E-state index contributed by atoms with van der Waals surface area (Å²) in [5.74, 6) is -0.408. The molecule has 11 heteroatoms. The Hall–Kier alpha value is -2.79. The number of benzene rings is 2. The van der Waals surface area contributed by atoms with Gasteiger partial charge in [0, 0.05) is 28.4 Å². The highest BCUT2D eigenvalue weighted by Gasteiger charge is 2.15. The van der Waals surface area contributed by atoms with Gasteiger partial charge in [0.15, 0.2) is 10.2 Å². The Labute approximate surface area is 187 Å². The molecule has 0 saturated heterocycles. The molecule has 0 aliphatic carbocycles. The maximum atomic E-state index is 12.3. The Balaban J connectivity index is 1.55. The van der Waals surface area contributed by atoms with E-state index in [-0.39, 0.29) is 15.1 Å². The lowest BCUT2D eigenvalue weighted by atomic mass is 10.2. The van der Waals surface area contributed by atoms with E-state index in [1.165, 1.54) is 35.7 Å². The molecule has 1 aromatic heterocycles. The molecular weight excluding hydrogens is 464 g/mol. The lowest BCUT2D eigenvalue weighted by Crippen LogP contribution is -2.32. The van der Waals surface area contributed by atoms with Gasteiger partial charge in [-0.3, -0.25) is 14.8 Å². The van der Waals surface area contributed by atoms with E-state index in [4.69, 9.17) is 23.8 Å². The summed E-state index contributed by atoms with van der Waals surface area (Å²) in [6, 6.07) is 12.9. The number of sulfonamides is 1. The molecule has 0 radical (unpaired) electrons. The molecule has 0 fully saturated rings. The third kappa shape index (κ3) is 6.36. The number of anilines is 2. The summed E-state index contributed by atoms with van der Waals surface area (Å²) in [5, 5.41) is 7.99. The van der Waals surface area contributed by atoms with Crippen molar-refractivity contribution >= 4 is 73.1 Å². The van der Waals surface area contributed by atoms with Crippen LogP contribution >= 0.6 is 35.2 Å². The molecule has 0 unspecified atom stereocenters. The molecule has 0 aliphatic rings. The highest BCUT2D eigenvalue weighted by molar-refractivity contribution is 7.93. The smallest absolute Gasteiger partial charge is 0.263 e. The van der Waals surface area contributed by atoms with Crippen LogP contribution in [-0.4, -0.2) is 24.4 Å². The first-order chi connectivity index (χ1) is 14.3. The van der Waals surface area contributed by atoms with Crippen LogP contribution in [0.5, 0.6) is 0 Å². The number of nitrogens with one attached hydrogen (secondary N) is 3. The first-order valence-corrected chi connectivity index (χ1v) is 11.5. The van der Waals surface area contributed by atoms with E-state index in [0.29, 0.717) is 10.7 Å². The Kier molecular flexibility index (Phi) is 7.16. The average Bonchev–Trinajstić information content (AvgIpc) is 3.20. The van der Waals surface area contributed by atoms with Crippen LogP contribution in [0.3, 0.4) is 0 Å². The number of aromatic nitrogens is 1. The van der Waals surface area contributed by atoms with Crippen LogP contribution in [0, 0.1) is 0 Å². The third-order valence-electron chi connectivity index (χ3n) is 3.61. The van der Waals surface area contributed by atoms with Gasteiger partial charge in [-0.25, -0.2) is 13.4 Å². The van der Waals surface area contributed by atoms with Crippen molar-refractivity contribution in [1.82, 2.24) is 10.3 Å². The molecule has 0 aliphatic heterocycles. The van der Waals surface area contributed by atoms with Gasteiger partial charge in [-0.2, -0.15) is 0 Å². The fraction of sp³-hybridized carbons (Fsp3) is 0. The summed E-state index contributed by atoms with van der Waals surface area (Å²) in [6.45, 7) is 0.